The van der Waals surface area contributed by atoms with Gasteiger partial charge in [-0.1, -0.05) is 24.6 Å². The lowest BCUT2D eigenvalue weighted by molar-refractivity contribution is 0.198. The van der Waals surface area contributed by atoms with Crippen molar-refractivity contribution in [3.8, 4) is 0 Å². The fraction of sp³-hybridized carbons (Fsp3) is 0.625. The molecule has 0 bridgehead atoms. The van der Waals surface area contributed by atoms with E-state index >= 15 is 0 Å². The van der Waals surface area contributed by atoms with Gasteiger partial charge in [-0.2, -0.15) is 0 Å². The van der Waals surface area contributed by atoms with E-state index in [9.17, 15) is 0 Å². The molecule has 5 heteroatoms. The minimum absolute atomic E-state index is 0.795. The van der Waals surface area contributed by atoms with Crippen LogP contribution >= 0.6 is 0 Å². The molecule has 2 aliphatic rings. The van der Waals surface area contributed by atoms with E-state index in [0.717, 1.165) is 50.9 Å². The number of rotatable bonds is 7. The van der Waals surface area contributed by atoms with Crippen molar-refractivity contribution in [2.45, 2.75) is 45.4 Å². The minimum Gasteiger partial charge on any atom is -0.361 e. The Morgan fingerprint density at radius 1 is 1.17 bits per heavy atom. The van der Waals surface area contributed by atoms with Crippen LogP contribution in [0.3, 0.4) is 0 Å². The number of aromatic nitrogens is 1. The number of guanidine groups is 1. The Bertz CT molecular complexity index is 789. The smallest absolute Gasteiger partial charge is 0.193 e. The van der Waals surface area contributed by atoms with E-state index in [1.807, 2.05) is 0 Å². The van der Waals surface area contributed by atoms with Crippen molar-refractivity contribution in [1.29, 1.82) is 0 Å². The predicted octanol–water partition coefficient (Wildman–Crippen LogP) is 3.87. The van der Waals surface area contributed by atoms with E-state index in [2.05, 4.69) is 57.5 Å². The third kappa shape index (κ3) is 5.33. The number of piperidine rings is 1. The van der Waals surface area contributed by atoms with Gasteiger partial charge in [0.2, 0.25) is 0 Å². The fourth-order valence-electron chi connectivity index (χ4n) is 4.90. The SMILES string of the molecule is CCNC(=NCCCc1c[nH]c2ccccc12)N1CCC(CN2CCCCC2)C1. The quantitative estimate of drug-likeness (QED) is 0.425. The molecule has 2 saturated heterocycles. The maximum atomic E-state index is 4.96. The predicted molar refractivity (Wildman–Crippen MR) is 123 cm³/mol. The molecule has 4 rings (SSSR count). The van der Waals surface area contributed by atoms with Crippen LogP contribution in [0.2, 0.25) is 0 Å². The summed E-state index contributed by atoms with van der Waals surface area (Å²) in [6.07, 6.45) is 9.81. The highest BCUT2D eigenvalue weighted by Crippen LogP contribution is 2.21. The molecule has 1 unspecified atom stereocenters. The van der Waals surface area contributed by atoms with Crippen LogP contribution in [0.25, 0.3) is 10.9 Å². The summed E-state index contributed by atoms with van der Waals surface area (Å²) < 4.78 is 0. The van der Waals surface area contributed by atoms with Crippen LogP contribution in [0.1, 0.15) is 44.6 Å². The summed E-state index contributed by atoms with van der Waals surface area (Å²) in [5.74, 6) is 1.91. The number of para-hydroxylation sites is 1. The Labute approximate surface area is 175 Å². The van der Waals surface area contributed by atoms with Crippen molar-refractivity contribution in [3.05, 3.63) is 36.0 Å². The van der Waals surface area contributed by atoms with Gasteiger partial charge in [-0.05, 0) is 69.7 Å². The summed E-state index contributed by atoms with van der Waals surface area (Å²) >= 11 is 0. The summed E-state index contributed by atoms with van der Waals surface area (Å²) in [6, 6.07) is 8.56. The lowest BCUT2D eigenvalue weighted by Crippen LogP contribution is -2.41. The molecule has 29 heavy (non-hydrogen) atoms. The monoisotopic (exact) mass is 395 g/mol. The third-order valence-corrected chi connectivity index (χ3v) is 6.43. The summed E-state index contributed by atoms with van der Waals surface area (Å²) in [7, 11) is 0. The molecule has 0 aliphatic carbocycles. The number of aliphatic imine (C=N–C) groups is 1. The van der Waals surface area contributed by atoms with Crippen molar-refractivity contribution in [3.63, 3.8) is 0 Å². The summed E-state index contributed by atoms with van der Waals surface area (Å²) in [5.41, 5.74) is 2.64. The van der Waals surface area contributed by atoms with Crippen molar-refractivity contribution >= 4 is 16.9 Å². The number of aryl methyl sites for hydroxylation is 1. The number of nitrogens with zero attached hydrogens (tertiary/aromatic N) is 3. The molecular weight excluding hydrogens is 358 g/mol. The molecule has 2 aromatic rings. The average molecular weight is 396 g/mol. The highest BCUT2D eigenvalue weighted by molar-refractivity contribution is 5.83. The van der Waals surface area contributed by atoms with E-state index in [4.69, 9.17) is 4.99 Å². The summed E-state index contributed by atoms with van der Waals surface area (Å²) in [5, 5.41) is 4.88. The number of likely N-dealkylation sites (tertiary alicyclic amines) is 2. The number of fused-ring (bicyclic) bond motifs is 1. The lowest BCUT2D eigenvalue weighted by atomic mass is 10.1. The van der Waals surface area contributed by atoms with Crippen LogP contribution < -0.4 is 5.32 Å². The van der Waals surface area contributed by atoms with Gasteiger partial charge in [0, 0.05) is 49.8 Å². The molecular formula is C24H37N5. The van der Waals surface area contributed by atoms with E-state index in [1.165, 1.54) is 61.8 Å². The molecule has 5 nitrogen and oxygen atoms in total. The van der Waals surface area contributed by atoms with Gasteiger partial charge in [0.25, 0.3) is 0 Å². The van der Waals surface area contributed by atoms with Crippen LogP contribution in [0.15, 0.2) is 35.5 Å². The number of hydrogen-bond donors (Lipinski definition) is 2. The molecule has 0 saturated carbocycles. The molecule has 3 heterocycles. The maximum absolute atomic E-state index is 4.96. The molecule has 0 spiro atoms. The molecule has 2 aliphatic heterocycles. The fourth-order valence-corrected chi connectivity index (χ4v) is 4.90. The second-order valence-corrected chi connectivity index (χ2v) is 8.66. The van der Waals surface area contributed by atoms with Crippen LogP contribution in [-0.2, 0) is 6.42 Å². The number of aromatic amines is 1. The van der Waals surface area contributed by atoms with Gasteiger partial charge < -0.3 is 20.1 Å². The highest BCUT2D eigenvalue weighted by atomic mass is 15.3. The van der Waals surface area contributed by atoms with Gasteiger partial charge in [0.15, 0.2) is 5.96 Å². The topological polar surface area (TPSA) is 46.7 Å². The maximum Gasteiger partial charge on any atom is 0.193 e. The zero-order valence-corrected chi connectivity index (χ0v) is 18.0. The zero-order valence-electron chi connectivity index (χ0n) is 18.0. The molecule has 2 fully saturated rings. The first kappa shape index (κ1) is 20.3. The number of hydrogen-bond acceptors (Lipinski definition) is 2. The van der Waals surface area contributed by atoms with E-state index in [1.54, 1.807) is 0 Å². The minimum atomic E-state index is 0.795. The largest absolute Gasteiger partial charge is 0.361 e. The average Bonchev–Trinajstić information content (AvgIpc) is 3.38. The Morgan fingerprint density at radius 2 is 2.03 bits per heavy atom. The van der Waals surface area contributed by atoms with E-state index < -0.39 is 0 Å². The van der Waals surface area contributed by atoms with Crippen molar-refractivity contribution in [1.82, 2.24) is 20.1 Å². The number of benzene rings is 1. The molecule has 2 N–H and O–H groups in total. The van der Waals surface area contributed by atoms with Crippen LogP contribution in [0, 0.1) is 5.92 Å². The van der Waals surface area contributed by atoms with Gasteiger partial charge in [0.1, 0.15) is 0 Å². The van der Waals surface area contributed by atoms with Gasteiger partial charge in [-0.25, -0.2) is 0 Å². The first-order valence-electron chi connectivity index (χ1n) is 11.6. The van der Waals surface area contributed by atoms with Gasteiger partial charge in [-0.15, -0.1) is 0 Å². The van der Waals surface area contributed by atoms with Gasteiger partial charge in [-0.3, -0.25) is 4.99 Å². The number of H-pyrrole nitrogens is 1. The first-order valence-corrected chi connectivity index (χ1v) is 11.6. The first-order chi connectivity index (χ1) is 14.3. The Hall–Kier alpha value is -2.01. The Balaban J connectivity index is 1.27. The van der Waals surface area contributed by atoms with Gasteiger partial charge in [0.05, 0.1) is 0 Å². The third-order valence-electron chi connectivity index (χ3n) is 6.43. The molecule has 1 atom stereocenters. The normalized spacial score (nSPS) is 21.2. The Morgan fingerprint density at radius 3 is 2.90 bits per heavy atom. The molecule has 0 amide bonds. The molecule has 0 radical (unpaired) electrons. The molecule has 1 aromatic carbocycles. The summed E-state index contributed by atoms with van der Waals surface area (Å²) in [6.45, 7) is 10.2. The van der Waals surface area contributed by atoms with Crippen LogP contribution in [0.4, 0.5) is 0 Å². The van der Waals surface area contributed by atoms with Crippen LogP contribution in [0.5, 0.6) is 0 Å². The van der Waals surface area contributed by atoms with Crippen molar-refractivity contribution in [2.75, 3.05) is 45.8 Å². The zero-order chi connectivity index (χ0) is 19.9. The van der Waals surface area contributed by atoms with Crippen molar-refractivity contribution < 1.29 is 0 Å². The highest BCUT2D eigenvalue weighted by Gasteiger charge is 2.26. The van der Waals surface area contributed by atoms with Gasteiger partial charge >= 0.3 is 0 Å². The van der Waals surface area contributed by atoms with E-state index in [-0.39, 0.29) is 0 Å². The van der Waals surface area contributed by atoms with E-state index in [0.29, 0.717) is 0 Å². The number of nitrogens with one attached hydrogen (secondary N) is 2. The van der Waals surface area contributed by atoms with Crippen molar-refractivity contribution in [2.24, 2.45) is 10.9 Å². The molecule has 158 valence electrons. The standard InChI is InChI=1S/C24H37N5/c1-2-25-24(29-16-12-20(19-29)18-28-14-6-3-7-15-28)26-13-8-9-21-17-27-23-11-5-4-10-22(21)23/h4-5,10-11,17,20,27H,2-3,6-9,12-16,18-19H2,1H3,(H,25,26). The second kappa shape index (κ2) is 10.1. The van der Waals surface area contributed by atoms with Crippen LogP contribution in [-0.4, -0.2) is 66.6 Å². The molecule has 1 aromatic heterocycles. The Kier molecular flexibility index (Phi) is 7.09. The lowest BCUT2D eigenvalue weighted by Gasteiger charge is -2.29. The summed E-state index contributed by atoms with van der Waals surface area (Å²) in [4.78, 5) is 13.5. The second-order valence-electron chi connectivity index (χ2n) is 8.66.